The van der Waals surface area contributed by atoms with Gasteiger partial charge in [0.15, 0.2) is 5.82 Å². The second-order valence-electron chi connectivity index (χ2n) is 4.90. The Hall–Kier alpha value is -1.44. The molecule has 2 unspecified atom stereocenters. The molecule has 1 saturated heterocycles. The van der Waals surface area contributed by atoms with E-state index in [0.29, 0.717) is 35.6 Å². The molecule has 0 aliphatic carbocycles. The normalized spacial score (nSPS) is 22.4. The van der Waals surface area contributed by atoms with Gasteiger partial charge in [-0.05, 0) is 18.6 Å². The molecule has 2 aromatic rings. The van der Waals surface area contributed by atoms with Crippen molar-refractivity contribution in [1.29, 1.82) is 0 Å². The number of nitrogens with zero attached hydrogens (tertiary/aromatic N) is 2. The molecule has 2 heterocycles. The van der Waals surface area contributed by atoms with Crippen molar-refractivity contribution in [2.75, 3.05) is 13.2 Å². The second kappa shape index (κ2) is 6.55. The van der Waals surface area contributed by atoms with Crippen molar-refractivity contribution in [3.8, 4) is 0 Å². The minimum Gasteiger partial charge on any atom is -0.381 e. The molecule has 21 heavy (non-hydrogen) atoms. The quantitative estimate of drug-likeness (QED) is 0.874. The summed E-state index contributed by atoms with van der Waals surface area (Å²) in [5, 5.41) is 3.93. The van der Waals surface area contributed by atoms with Crippen molar-refractivity contribution in [3.05, 3.63) is 41.8 Å². The minimum absolute atomic E-state index is 0.0220. The average Bonchev–Trinajstić information content (AvgIpc) is 2.96. The Balaban J connectivity index is 1.64. The van der Waals surface area contributed by atoms with Crippen LogP contribution >= 0.6 is 11.8 Å². The molecule has 112 valence electrons. The van der Waals surface area contributed by atoms with Crippen LogP contribution in [0.1, 0.15) is 24.1 Å². The SMILES string of the molecule is NC1CCOCC1c1nc(CSc2ccccc2F)no1. The summed E-state index contributed by atoms with van der Waals surface area (Å²) in [6.45, 7) is 1.17. The number of hydrogen-bond acceptors (Lipinski definition) is 6. The van der Waals surface area contributed by atoms with Gasteiger partial charge in [0.1, 0.15) is 5.82 Å². The van der Waals surface area contributed by atoms with Crippen LogP contribution < -0.4 is 5.73 Å². The van der Waals surface area contributed by atoms with Crippen molar-refractivity contribution < 1.29 is 13.7 Å². The Morgan fingerprint density at radius 3 is 3.05 bits per heavy atom. The molecule has 3 rings (SSSR count). The highest BCUT2D eigenvalue weighted by molar-refractivity contribution is 7.98. The highest BCUT2D eigenvalue weighted by atomic mass is 32.2. The Bertz CT molecular complexity index is 607. The lowest BCUT2D eigenvalue weighted by Crippen LogP contribution is -2.37. The first-order chi connectivity index (χ1) is 10.2. The van der Waals surface area contributed by atoms with E-state index in [2.05, 4.69) is 10.1 Å². The third-order valence-electron chi connectivity index (χ3n) is 3.40. The molecule has 7 heteroatoms. The number of nitrogens with two attached hydrogens (primary N) is 1. The molecule has 0 bridgehead atoms. The van der Waals surface area contributed by atoms with Gasteiger partial charge in [-0.2, -0.15) is 4.98 Å². The maximum atomic E-state index is 13.5. The van der Waals surface area contributed by atoms with Gasteiger partial charge in [0.2, 0.25) is 5.89 Å². The van der Waals surface area contributed by atoms with Gasteiger partial charge < -0.3 is 15.0 Å². The van der Waals surface area contributed by atoms with Crippen LogP contribution in [0, 0.1) is 5.82 Å². The first-order valence-electron chi connectivity index (χ1n) is 6.77. The van der Waals surface area contributed by atoms with E-state index < -0.39 is 0 Å². The van der Waals surface area contributed by atoms with Crippen LogP contribution in [0.4, 0.5) is 4.39 Å². The summed E-state index contributed by atoms with van der Waals surface area (Å²) in [6.07, 6.45) is 0.784. The summed E-state index contributed by atoms with van der Waals surface area (Å²) in [5.74, 6) is 1.20. The molecule has 0 amide bonds. The molecule has 2 N–H and O–H groups in total. The second-order valence-corrected chi connectivity index (χ2v) is 5.92. The van der Waals surface area contributed by atoms with Crippen LogP contribution in [0.3, 0.4) is 0 Å². The molecule has 2 atom stereocenters. The highest BCUT2D eigenvalue weighted by Gasteiger charge is 2.29. The van der Waals surface area contributed by atoms with Gasteiger partial charge in [0.25, 0.3) is 0 Å². The van der Waals surface area contributed by atoms with Crippen molar-refractivity contribution in [2.45, 2.75) is 29.0 Å². The van der Waals surface area contributed by atoms with Crippen LogP contribution in [-0.4, -0.2) is 29.4 Å². The van der Waals surface area contributed by atoms with E-state index in [1.54, 1.807) is 18.2 Å². The summed E-state index contributed by atoms with van der Waals surface area (Å²) in [4.78, 5) is 4.92. The number of thioether (sulfide) groups is 1. The van der Waals surface area contributed by atoms with Gasteiger partial charge >= 0.3 is 0 Å². The van der Waals surface area contributed by atoms with E-state index in [1.165, 1.54) is 17.8 Å². The third-order valence-corrected chi connectivity index (χ3v) is 4.45. The molecule has 1 aromatic heterocycles. The van der Waals surface area contributed by atoms with Gasteiger partial charge in [-0.3, -0.25) is 0 Å². The fourth-order valence-corrected chi connectivity index (χ4v) is 2.97. The Labute approximate surface area is 126 Å². The van der Waals surface area contributed by atoms with E-state index in [1.807, 2.05) is 0 Å². The van der Waals surface area contributed by atoms with Crippen molar-refractivity contribution in [2.24, 2.45) is 5.73 Å². The van der Waals surface area contributed by atoms with E-state index in [9.17, 15) is 4.39 Å². The number of rotatable bonds is 4. The smallest absolute Gasteiger partial charge is 0.233 e. The van der Waals surface area contributed by atoms with Gasteiger partial charge in [0.05, 0.1) is 18.3 Å². The molecule has 1 aliphatic heterocycles. The highest BCUT2D eigenvalue weighted by Crippen LogP contribution is 2.26. The van der Waals surface area contributed by atoms with Gasteiger partial charge in [-0.15, -0.1) is 11.8 Å². The lowest BCUT2D eigenvalue weighted by atomic mass is 9.97. The first-order valence-corrected chi connectivity index (χ1v) is 7.75. The van der Waals surface area contributed by atoms with E-state index >= 15 is 0 Å². The van der Waals surface area contributed by atoms with E-state index in [0.717, 1.165) is 6.42 Å². The van der Waals surface area contributed by atoms with Gasteiger partial charge in [-0.25, -0.2) is 4.39 Å². The maximum absolute atomic E-state index is 13.5. The average molecular weight is 309 g/mol. The lowest BCUT2D eigenvalue weighted by Gasteiger charge is -2.25. The van der Waals surface area contributed by atoms with Crippen LogP contribution in [0.15, 0.2) is 33.7 Å². The predicted octanol–water partition coefficient (Wildman–Crippen LogP) is 2.33. The van der Waals surface area contributed by atoms with Crippen molar-refractivity contribution in [3.63, 3.8) is 0 Å². The summed E-state index contributed by atoms with van der Waals surface area (Å²) in [5.41, 5.74) is 6.04. The summed E-state index contributed by atoms with van der Waals surface area (Å²) < 4.78 is 24.2. The number of hydrogen-bond donors (Lipinski definition) is 1. The van der Waals surface area contributed by atoms with Crippen molar-refractivity contribution >= 4 is 11.8 Å². The van der Waals surface area contributed by atoms with Gasteiger partial charge in [-0.1, -0.05) is 17.3 Å². The van der Waals surface area contributed by atoms with Crippen molar-refractivity contribution in [1.82, 2.24) is 10.1 Å². The molecular formula is C14H16FN3O2S. The summed E-state index contributed by atoms with van der Waals surface area (Å²) in [6, 6.07) is 6.60. The molecular weight excluding hydrogens is 293 g/mol. The van der Waals surface area contributed by atoms with E-state index in [-0.39, 0.29) is 17.8 Å². The van der Waals surface area contributed by atoms with Gasteiger partial charge in [0, 0.05) is 17.5 Å². The Kier molecular flexibility index (Phi) is 4.52. The lowest BCUT2D eigenvalue weighted by molar-refractivity contribution is 0.0590. The number of ether oxygens (including phenoxy) is 1. The fraction of sp³-hybridized carbons (Fsp3) is 0.429. The monoisotopic (exact) mass is 309 g/mol. The topological polar surface area (TPSA) is 74.2 Å². The molecule has 1 aromatic carbocycles. The molecule has 5 nitrogen and oxygen atoms in total. The zero-order chi connectivity index (χ0) is 14.7. The largest absolute Gasteiger partial charge is 0.381 e. The zero-order valence-electron chi connectivity index (χ0n) is 11.4. The summed E-state index contributed by atoms with van der Waals surface area (Å²) in [7, 11) is 0. The fourth-order valence-electron chi connectivity index (χ4n) is 2.19. The Morgan fingerprint density at radius 1 is 1.38 bits per heavy atom. The number of halogens is 1. The molecule has 0 spiro atoms. The molecule has 0 saturated carbocycles. The van der Waals surface area contributed by atoms with Crippen LogP contribution in [-0.2, 0) is 10.5 Å². The molecule has 1 aliphatic rings. The number of benzene rings is 1. The van der Waals surface area contributed by atoms with Crippen LogP contribution in [0.2, 0.25) is 0 Å². The molecule has 0 radical (unpaired) electrons. The predicted molar refractivity (Wildman–Crippen MR) is 76.4 cm³/mol. The first kappa shape index (κ1) is 14.5. The van der Waals surface area contributed by atoms with E-state index in [4.69, 9.17) is 15.0 Å². The third kappa shape index (κ3) is 3.42. The zero-order valence-corrected chi connectivity index (χ0v) is 12.2. The van der Waals surface area contributed by atoms with Crippen LogP contribution in [0.25, 0.3) is 0 Å². The standard InChI is InChI=1S/C14H16FN3O2S/c15-10-3-1-2-4-12(10)21-8-13-17-14(20-18-13)9-7-19-6-5-11(9)16/h1-4,9,11H,5-8,16H2. The van der Waals surface area contributed by atoms with Crippen LogP contribution in [0.5, 0.6) is 0 Å². The molecule has 1 fully saturated rings. The maximum Gasteiger partial charge on any atom is 0.233 e. The summed E-state index contributed by atoms with van der Waals surface area (Å²) >= 11 is 1.34. The Morgan fingerprint density at radius 2 is 2.24 bits per heavy atom. The number of aromatic nitrogens is 2. The minimum atomic E-state index is -0.242.